The van der Waals surface area contributed by atoms with Crippen molar-refractivity contribution in [3.05, 3.63) is 29.8 Å². The number of primary sulfonamides is 1. The summed E-state index contributed by atoms with van der Waals surface area (Å²) in [6.07, 6.45) is -0.447. The molecule has 1 saturated heterocycles. The first kappa shape index (κ1) is 17.4. The summed E-state index contributed by atoms with van der Waals surface area (Å²) in [5, 5.41) is 16.5. The molecule has 4 N–H and O–H groups in total. The lowest BCUT2D eigenvalue weighted by Crippen LogP contribution is -2.36. The van der Waals surface area contributed by atoms with E-state index in [1.54, 1.807) is 12.1 Å². The Labute approximate surface area is 133 Å². The molecule has 23 heavy (non-hydrogen) atoms. The number of aliphatic carboxylic acids is 1. The van der Waals surface area contributed by atoms with Gasteiger partial charge in [0.2, 0.25) is 15.9 Å². The van der Waals surface area contributed by atoms with Gasteiger partial charge in [0.25, 0.3) is 0 Å². The summed E-state index contributed by atoms with van der Waals surface area (Å²) < 4.78 is 27.4. The molecule has 0 aliphatic carbocycles. The van der Waals surface area contributed by atoms with Gasteiger partial charge in [-0.1, -0.05) is 12.1 Å². The van der Waals surface area contributed by atoms with E-state index in [4.69, 9.17) is 15.0 Å². The minimum Gasteiger partial charge on any atom is -0.479 e. The molecule has 1 amide bonds. The second kappa shape index (κ2) is 7.07. The van der Waals surface area contributed by atoms with E-state index in [1.807, 2.05) is 0 Å². The Hall–Kier alpha value is -1.97. The number of rotatable bonds is 6. The zero-order chi connectivity index (χ0) is 17.0. The van der Waals surface area contributed by atoms with Crippen LogP contribution >= 0.6 is 0 Å². The Kier molecular flexibility index (Phi) is 5.34. The van der Waals surface area contributed by atoms with E-state index < -0.39 is 28.2 Å². The van der Waals surface area contributed by atoms with Crippen molar-refractivity contribution in [1.29, 1.82) is 0 Å². The molecule has 1 aromatic rings. The molecule has 0 spiro atoms. The number of carbonyl (C=O) groups excluding carboxylic acids is 1. The maximum absolute atomic E-state index is 11.9. The summed E-state index contributed by atoms with van der Waals surface area (Å²) in [6.45, 7) is 0.338. The van der Waals surface area contributed by atoms with Crippen molar-refractivity contribution in [2.45, 2.75) is 36.4 Å². The molecule has 2 rings (SSSR count). The third-order valence-electron chi connectivity index (χ3n) is 3.55. The predicted molar refractivity (Wildman–Crippen MR) is 80.1 cm³/mol. The normalized spacial score (nSPS) is 21.1. The number of nitrogens with one attached hydrogen (secondary N) is 1. The summed E-state index contributed by atoms with van der Waals surface area (Å²) in [6, 6.07) is 6.06. The number of carbonyl (C=O) groups is 2. The number of nitrogens with two attached hydrogens (primary N) is 1. The molecule has 1 fully saturated rings. The van der Waals surface area contributed by atoms with Gasteiger partial charge in [-0.2, -0.15) is 0 Å². The molecule has 0 bridgehead atoms. The monoisotopic (exact) mass is 342 g/mol. The SMILES string of the molecule is NS(=O)(=O)c1ccc(CCNC(=O)[C@@H]2CC[C@H](C(=O)O)O2)cc1. The number of carboxylic acids is 1. The Bertz CT molecular complexity index is 686. The van der Waals surface area contributed by atoms with Crippen molar-refractivity contribution in [2.75, 3.05) is 6.54 Å². The van der Waals surface area contributed by atoms with Gasteiger partial charge < -0.3 is 15.2 Å². The summed E-state index contributed by atoms with van der Waals surface area (Å²) in [7, 11) is -3.71. The average Bonchev–Trinajstić information content (AvgIpc) is 2.97. The molecule has 1 heterocycles. The number of carboxylic acid groups (broad SMARTS) is 1. The highest BCUT2D eigenvalue weighted by molar-refractivity contribution is 7.89. The molecule has 9 heteroatoms. The van der Waals surface area contributed by atoms with Crippen LogP contribution in [-0.2, 0) is 30.8 Å². The summed E-state index contributed by atoms with van der Waals surface area (Å²) >= 11 is 0. The van der Waals surface area contributed by atoms with E-state index >= 15 is 0 Å². The van der Waals surface area contributed by atoms with E-state index in [-0.39, 0.29) is 10.8 Å². The standard InChI is InChI=1S/C14H18N2O6S/c15-23(20,21)10-3-1-9(2-4-10)7-8-16-13(17)11-5-6-12(22-11)14(18)19/h1-4,11-12H,5-8H2,(H,16,17)(H,18,19)(H2,15,20,21)/t11-,12+/m0/s1. The Morgan fingerprint density at radius 2 is 1.83 bits per heavy atom. The van der Waals surface area contributed by atoms with Gasteiger partial charge in [0.15, 0.2) is 6.10 Å². The van der Waals surface area contributed by atoms with Gasteiger partial charge in [-0.3, -0.25) is 4.79 Å². The molecule has 8 nitrogen and oxygen atoms in total. The Morgan fingerprint density at radius 3 is 2.35 bits per heavy atom. The van der Waals surface area contributed by atoms with E-state index in [0.29, 0.717) is 25.8 Å². The molecule has 126 valence electrons. The first-order chi connectivity index (χ1) is 10.8. The molecule has 1 aromatic carbocycles. The van der Waals surface area contributed by atoms with Gasteiger partial charge in [0.05, 0.1) is 4.90 Å². The largest absolute Gasteiger partial charge is 0.479 e. The number of ether oxygens (including phenoxy) is 1. The third kappa shape index (κ3) is 4.75. The van der Waals surface area contributed by atoms with Crippen LogP contribution in [0.25, 0.3) is 0 Å². The summed E-state index contributed by atoms with van der Waals surface area (Å²) in [5.41, 5.74) is 0.841. The van der Waals surface area contributed by atoms with Gasteiger partial charge in [0.1, 0.15) is 6.10 Å². The topological polar surface area (TPSA) is 136 Å². The molecule has 1 aliphatic heterocycles. The number of sulfonamides is 1. The van der Waals surface area contributed by atoms with Crippen LogP contribution in [-0.4, -0.2) is 44.2 Å². The van der Waals surface area contributed by atoms with Gasteiger partial charge in [-0.25, -0.2) is 18.4 Å². The van der Waals surface area contributed by atoms with Gasteiger partial charge in [0, 0.05) is 6.54 Å². The highest BCUT2D eigenvalue weighted by Gasteiger charge is 2.34. The minimum atomic E-state index is -3.71. The van der Waals surface area contributed by atoms with E-state index in [1.165, 1.54) is 12.1 Å². The van der Waals surface area contributed by atoms with Crippen molar-refractivity contribution >= 4 is 21.9 Å². The molecular weight excluding hydrogens is 324 g/mol. The van der Waals surface area contributed by atoms with E-state index in [9.17, 15) is 18.0 Å². The lowest BCUT2D eigenvalue weighted by atomic mass is 10.1. The lowest BCUT2D eigenvalue weighted by molar-refractivity contribution is -0.151. The molecule has 0 radical (unpaired) electrons. The second-order valence-electron chi connectivity index (χ2n) is 5.26. The van der Waals surface area contributed by atoms with Gasteiger partial charge in [-0.15, -0.1) is 0 Å². The van der Waals surface area contributed by atoms with Crippen molar-refractivity contribution in [1.82, 2.24) is 5.32 Å². The minimum absolute atomic E-state index is 0.0318. The maximum Gasteiger partial charge on any atom is 0.332 e. The van der Waals surface area contributed by atoms with Crippen LogP contribution in [0.15, 0.2) is 29.2 Å². The second-order valence-corrected chi connectivity index (χ2v) is 6.82. The lowest BCUT2D eigenvalue weighted by Gasteiger charge is -2.11. The predicted octanol–water partition coefficient (Wildman–Crippen LogP) is -0.375. The van der Waals surface area contributed by atoms with Crippen LogP contribution in [0.2, 0.25) is 0 Å². The van der Waals surface area contributed by atoms with Crippen molar-refractivity contribution in [3.8, 4) is 0 Å². The third-order valence-corrected chi connectivity index (χ3v) is 4.48. The number of hydrogen-bond acceptors (Lipinski definition) is 5. The fourth-order valence-corrected chi connectivity index (χ4v) is 2.82. The molecule has 0 saturated carbocycles. The quantitative estimate of drug-likeness (QED) is 0.645. The summed E-state index contributed by atoms with van der Waals surface area (Å²) in [5.74, 6) is -1.40. The molecule has 0 unspecified atom stereocenters. The van der Waals surface area contributed by atoms with Crippen LogP contribution in [0, 0.1) is 0 Å². The number of hydrogen-bond donors (Lipinski definition) is 3. The van der Waals surface area contributed by atoms with Crippen LogP contribution in [0.4, 0.5) is 0 Å². The average molecular weight is 342 g/mol. The number of benzene rings is 1. The zero-order valence-electron chi connectivity index (χ0n) is 12.3. The van der Waals surface area contributed by atoms with Crippen molar-refractivity contribution in [2.24, 2.45) is 5.14 Å². The van der Waals surface area contributed by atoms with Crippen LogP contribution in [0.3, 0.4) is 0 Å². The van der Waals surface area contributed by atoms with Gasteiger partial charge >= 0.3 is 5.97 Å². The van der Waals surface area contributed by atoms with Crippen LogP contribution in [0.5, 0.6) is 0 Å². The van der Waals surface area contributed by atoms with Crippen molar-refractivity contribution in [3.63, 3.8) is 0 Å². The highest BCUT2D eigenvalue weighted by atomic mass is 32.2. The highest BCUT2D eigenvalue weighted by Crippen LogP contribution is 2.19. The Balaban J connectivity index is 1.79. The van der Waals surface area contributed by atoms with Gasteiger partial charge in [-0.05, 0) is 37.0 Å². The molecule has 2 atom stereocenters. The molecule has 1 aliphatic rings. The Morgan fingerprint density at radius 1 is 1.22 bits per heavy atom. The van der Waals surface area contributed by atoms with E-state index in [2.05, 4.69) is 5.32 Å². The van der Waals surface area contributed by atoms with Crippen molar-refractivity contribution < 1.29 is 27.9 Å². The summed E-state index contributed by atoms with van der Waals surface area (Å²) in [4.78, 5) is 22.7. The smallest absolute Gasteiger partial charge is 0.332 e. The van der Waals surface area contributed by atoms with E-state index in [0.717, 1.165) is 5.56 Å². The first-order valence-corrected chi connectivity index (χ1v) is 8.60. The fraction of sp³-hybridized carbons (Fsp3) is 0.429. The van der Waals surface area contributed by atoms with Crippen LogP contribution in [0.1, 0.15) is 18.4 Å². The zero-order valence-corrected chi connectivity index (χ0v) is 13.1. The first-order valence-electron chi connectivity index (χ1n) is 7.05. The maximum atomic E-state index is 11.9. The fourth-order valence-electron chi connectivity index (χ4n) is 2.30. The number of amides is 1. The van der Waals surface area contributed by atoms with Crippen LogP contribution < -0.4 is 10.5 Å². The molecule has 0 aromatic heterocycles. The molecular formula is C14H18N2O6S.